The quantitative estimate of drug-likeness (QED) is 0.599. The van der Waals surface area contributed by atoms with Gasteiger partial charge in [0, 0.05) is 26.6 Å². The molecule has 1 rings (SSSR count). The van der Waals surface area contributed by atoms with E-state index in [1.165, 1.54) is 6.20 Å². The molecule has 5 heteroatoms. The van der Waals surface area contributed by atoms with Gasteiger partial charge in [-0.15, -0.1) is 11.6 Å². The smallest absolute Gasteiger partial charge is 0.261 e. The Morgan fingerprint density at radius 3 is 2.69 bits per heavy atom. The van der Waals surface area contributed by atoms with E-state index in [4.69, 9.17) is 11.6 Å². The third-order valence-corrected chi connectivity index (χ3v) is 3.26. The van der Waals surface area contributed by atoms with Crippen LogP contribution < -0.4 is 0 Å². The van der Waals surface area contributed by atoms with Gasteiger partial charge in [-0.05, 0) is 29.5 Å². The van der Waals surface area contributed by atoms with Gasteiger partial charge in [0.1, 0.15) is 0 Å². The minimum absolute atomic E-state index is 0.0400. The molecule has 0 fully saturated rings. The predicted molar refractivity (Wildman–Crippen MR) is 56.2 cm³/mol. The van der Waals surface area contributed by atoms with Gasteiger partial charge in [0.15, 0.2) is 0 Å². The van der Waals surface area contributed by atoms with Crippen LogP contribution in [-0.4, -0.2) is 4.98 Å². The molecule has 1 heterocycles. The average molecular weight is 318 g/mol. The molecule has 0 aliphatic heterocycles. The van der Waals surface area contributed by atoms with Gasteiger partial charge in [0.25, 0.3) is 6.43 Å². The lowest BCUT2D eigenvalue weighted by atomic mass is 10.2. The van der Waals surface area contributed by atoms with E-state index in [0.29, 0.717) is 14.8 Å². The first-order valence-electron chi connectivity index (χ1n) is 3.56. The zero-order valence-corrected chi connectivity index (χ0v) is 9.73. The lowest BCUT2D eigenvalue weighted by Crippen LogP contribution is -2.00. The molecule has 1 nitrogen and oxygen atoms in total. The van der Waals surface area contributed by atoms with E-state index < -0.39 is 6.43 Å². The maximum atomic E-state index is 12.4. The number of aromatic nitrogens is 1. The van der Waals surface area contributed by atoms with Crippen molar-refractivity contribution in [2.24, 2.45) is 0 Å². The van der Waals surface area contributed by atoms with Gasteiger partial charge in [-0.3, -0.25) is 4.98 Å². The topological polar surface area (TPSA) is 12.9 Å². The predicted octanol–water partition coefficient (Wildman–Crippen LogP) is 3.67. The van der Waals surface area contributed by atoms with E-state index in [2.05, 4.69) is 4.98 Å². The minimum atomic E-state index is -2.48. The molecule has 1 aromatic heterocycles. The van der Waals surface area contributed by atoms with Crippen LogP contribution in [0.3, 0.4) is 0 Å². The van der Waals surface area contributed by atoms with Crippen molar-refractivity contribution >= 4 is 34.2 Å². The summed E-state index contributed by atoms with van der Waals surface area (Å²) in [6.45, 7) is 1.76. The Bertz CT molecular complexity index is 317. The Labute approximate surface area is 93.6 Å². The van der Waals surface area contributed by atoms with E-state index in [9.17, 15) is 8.78 Å². The van der Waals surface area contributed by atoms with Crippen molar-refractivity contribution in [2.75, 3.05) is 0 Å². The number of rotatable bonds is 2. The first-order valence-corrected chi connectivity index (χ1v) is 5.17. The fourth-order valence-electron chi connectivity index (χ4n) is 0.942. The Morgan fingerprint density at radius 2 is 2.23 bits per heavy atom. The molecule has 72 valence electrons. The number of hydrogen-bond acceptors (Lipinski definition) is 1. The van der Waals surface area contributed by atoms with Crippen molar-refractivity contribution in [1.82, 2.24) is 4.98 Å². The summed E-state index contributed by atoms with van der Waals surface area (Å²) in [5, 5.41) is 0. The highest BCUT2D eigenvalue weighted by Crippen LogP contribution is 2.28. The molecule has 13 heavy (non-hydrogen) atoms. The van der Waals surface area contributed by atoms with Crippen LogP contribution in [0.4, 0.5) is 8.78 Å². The Hall–Kier alpha value is 0.0300. The van der Waals surface area contributed by atoms with Crippen LogP contribution in [0.2, 0.25) is 0 Å². The van der Waals surface area contributed by atoms with Crippen molar-refractivity contribution in [3.63, 3.8) is 0 Å². The molecular weight excluding hydrogens is 310 g/mol. The summed E-state index contributed by atoms with van der Waals surface area (Å²) in [6.07, 6.45) is -1.28. The maximum absolute atomic E-state index is 12.4. The fraction of sp³-hybridized carbons (Fsp3) is 0.375. The number of pyridine rings is 1. The van der Waals surface area contributed by atoms with Gasteiger partial charge >= 0.3 is 0 Å². The maximum Gasteiger partial charge on any atom is 0.266 e. The Balaban J connectivity index is 3.27. The third kappa shape index (κ3) is 2.28. The summed E-state index contributed by atoms with van der Waals surface area (Å²) in [5.41, 5.74) is 1.37. The van der Waals surface area contributed by atoms with Crippen molar-refractivity contribution in [1.29, 1.82) is 0 Å². The van der Waals surface area contributed by atoms with Gasteiger partial charge in [-0.2, -0.15) is 0 Å². The van der Waals surface area contributed by atoms with E-state index in [0.717, 1.165) is 0 Å². The van der Waals surface area contributed by atoms with Crippen molar-refractivity contribution in [3.05, 3.63) is 26.6 Å². The van der Waals surface area contributed by atoms with Crippen LogP contribution in [0.5, 0.6) is 0 Å². The van der Waals surface area contributed by atoms with Crippen LogP contribution in [0.15, 0.2) is 6.20 Å². The summed E-state index contributed by atoms with van der Waals surface area (Å²) in [7, 11) is 0. The summed E-state index contributed by atoms with van der Waals surface area (Å²) in [6, 6.07) is 0. The zero-order valence-electron chi connectivity index (χ0n) is 6.82. The van der Waals surface area contributed by atoms with E-state index in [-0.39, 0.29) is 11.4 Å². The molecular formula is C8H7ClF2IN. The van der Waals surface area contributed by atoms with Gasteiger partial charge < -0.3 is 0 Å². The first-order chi connectivity index (χ1) is 6.07. The Morgan fingerprint density at radius 1 is 1.62 bits per heavy atom. The van der Waals surface area contributed by atoms with Crippen molar-refractivity contribution in [2.45, 2.75) is 19.2 Å². The summed E-state index contributed by atoms with van der Waals surface area (Å²) in [4.78, 5) is 3.86. The highest BCUT2D eigenvalue weighted by molar-refractivity contribution is 14.1. The van der Waals surface area contributed by atoms with Gasteiger partial charge in [-0.1, -0.05) is 0 Å². The fourth-order valence-corrected chi connectivity index (χ4v) is 2.45. The largest absolute Gasteiger partial charge is 0.266 e. The van der Waals surface area contributed by atoms with Gasteiger partial charge in [-0.25, -0.2) is 8.78 Å². The van der Waals surface area contributed by atoms with Crippen LogP contribution >= 0.6 is 34.2 Å². The molecule has 0 unspecified atom stereocenters. The van der Waals surface area contributed by atoms with E-state index in [1.807, 2.05) is 22.6 Å². The molecule has 0 amide bonds. The first kappa shape index (κ1) is 11.1. The number of aryl methyl sites for hydroxylation is 1. The van der Waals surface area contributed by atoms with Gasteiger partial charge in [0.2, 0.25) is 0 Å². The SMILES string of the molecule is Cc1ncc(C(F)F)c(I)c1CCl. The molecule has 0 saturated heterocycles. The second kappa shape index (κ2) is 4.50. The van der Waals surface area contributed by atoms with Crippen LogP contribution in [0.1, 0.15) is 23.2 Å². The molecule has 0 aliphatic carbocycles. The van der Waals surface area contributed by atoms with Crippen LogP contribution in [0, 0.1) is 10.5 Å². The highest BCUT2D eigenvalue weighted by atomic mass is 127. The minimum Gasteiger partial charge on any atom is -0.261 e. The van der Waals surface area contributed by atoms with Crippen LogP contribution in [0.25, 0.3) is 0 Å². The third-order valence-electron chi connectivity index (χ3n) is 1.72. The number of alkyl halides is 3. The average Bonchev–Trinajstić information content (AvgIpc) is 2.04. The van der Waals surface area contributed by atoms with E-state index >= 15 is 0 Å². The van der Waals surface area contributed by atoms with Crippen LogP contribution in [-0.2, 0) is 5.88 Å². The number of nitrogens with zero attached hydrogens (tertiary/aromatic N) is 1. The molecule has 1 aromatic rings. The molecule has 0 aliphatic rings. The highest BCUT2D eigenvalue weighted by Gasteiger charge is 2.16. The number of halogens is 4. The number of hydrogen-bond donors (Lipinski definition) is 0. The van der Waals surface area contributed by atoms with Crippen molar-refractivity contribution < 1.29 is 8.78 Å². The van der Waals surface area contributed by atoms with Gasteiger partial charge in [0.05, 0.1) is 5.88 Å². The second-order valence-electron chi connectivity index (χ2n) is 2.53. The normalized spacial score (nSPS) is 10.9. The standard InChI is InChI=1S/C8H7ClF2IN/c1-4-5(2-9)7(12)6(3-13-4)8(10)11/h3,8H,2H2,1H3. The molecule has 0 atom stereocenters. The lowest BCUT2D eigenvalue weighted by molar-refractivity contribution is 0.150. The molecule has 0 saturated carbocycles. The molecule has 0 aromatic carbocycles. The zero-order chi connectivity index (χ0) is 10.0. The van der Waals surface area contributed by atoms with E-state index in [1.54, 1.807) is 6.92 Å². The molecule has 0 radical (unpaired) electrons. The molecule has 0 spiro atoms. The Kier molecular flexibility index (Phi) is 3.85. The summed E-state index contributed by atoms with van der Waals surface area (Å²) >= 11 is 7.50. The molecule has 0 N–H and O–H groups in total. The van der Waals surface area contributed by atoms with Crippen molar-refractivity contribution in [3.8, 4) is 0 Å². The monoisotopic (exact) mass is 317 g/mol. The second-order valence-corrected chi connectivity index (χ2v) is 3.87. The molecule has 0 bridgehead atoms. The lowest BCUT2D eigenvalue weighted by Gasteiger charge is -2.08. The summed E-state index contributed by atoms with van der Waals surface area (Å²) < 4.78 is 25.3. The summed E-state index contributed by atoms with van der Waals surface area (Å²) in [5.74, 6) is 0.220.